The summed E-state index contributed by atoms with van der Waals surface area (Å²) in [5.74, 6) is 1.10. The number of carbonyl (C=O) groups is 1. The van der Waals surface area contributed by atoms with E-state index in [-0.39, 0.29) is 12.0 Å². The summed E-state index contributed by atoms with van der Waals surface area (Å²) < 4.78 is 7.85. The molecule has 1 unspecified atom stereocenters. The topological polar surface area (TPSA) is 92.8 Å². The molecule has 1 aromatic carbocycles. The number of fused-ring (bicyclic) bond motifs is 1. The van der Waals surface area contributed by atoms with E-state index in [2.05, 4.69) is 44.6 Å². The summed E-state index contributed by atoms with van der Waals surface area (Å²) in [7, 11) is 0. The van der Waals surface area contributed by atoms with Gasteiger partial charge in [0.25, 0.3) is 0 Å². The predicted molar refractivity (Wildman–Crippen MR) is 141 cm³/mol. The third kappa shape index (κ3) is 4.34. The van der Waals surface area contributed by atoms with Crippen LogP contribution in [-0.2, 0) is 4.74 Å². The van der Waals surface area contributed by atoms with Crippen LogP contribution in [0.15, 0.2) is 60.2 Å². The maximum Gasteiger partial charge on any atom is 0.411 e. The smallest absolute Gasteiger partial charge is 0.411 e. The maximum atomic E-state index is 12.4. The molecule has 2 saturated carbocycles. The lowest BCUT2D eigenvalue weighted by Crippen LogP contribution is -2.28. The van der Waals surface area contributed by atoms with E-state index in [0.717, 1.165) is 53.4 Å². The third-order valence-corrected chi connectivity index (χ3v) is 7.73. The Kier molecular flexibility index (Phi) is 5.90. The van der Waals surface area contributed by atoms with Gasteiger partial charge in [-0.3, -0.25) is 5.32 Å². The van der Waals surface area contributed by atoms with Crippen LogP contribution in [0.4, 0.5) is 4.79 Å². The molecule has 0 aliphatic heterocycles. The fraction of sp³-hybridized carbons (Fsp3) is 0.367. The number of alkyl carbamates (subject to hydrolysis) is 1. The van der Waals surface area contributed by atoms with E-state index >= 15 is 0 Å². The van der Waals surface area contributed by atoms with Crippen molar-refractivity contribution < 1.29 is 9.53 Å². The van der Waals surface area contributed by atoms with Crippen molar-refractivity contribution in [2.24, 2.45) is 11.8 Å². The summed E-state index contributed by atoms with van der Waals surface area (Å²) in [6, 6.07) is 10.7. The van der Waals surface area contributed by atoms with Gasteiger partial charge in [-0.05, 0) is 57.1 Å². The molecular weight excluding hydrogens is 462 g/mol. The molecule has 3 aliphatic rings. The Morgan fingerprint density at radius 3 is 2.68 bits per heavy atom. The average molecular weight is 492 g/mol. The molecule has 0 bridgehead atoms. The molecule has 186 valence electrons. The zero-order valence-electron chi connectivity index (χ0n) is 21.1. The normalized spacial score (nSPS) is 20.0. The second-order valence-corrected chi connectivity index (χ2v) is 10.3. The quantitative estimate of drug-likeness (QED) is 0.409. The Morgan fingerprint density at radius 2 is 2.03 bits per heavy atom. The van der Waals surface area contributed by atoms with E-state index < -0.39 is 6.09 Å². The number of allylic oxidation sites excluding steroid dienone is 2. The number of nitrogens with zero attached hydrogens (tertiary/aromatic N) is 4. The number of amides is 1. The van der Waals surface area contributed by atoms with Crippen molar-refractivity contribution in [2.45, 2.75) is 58.1 Å². The minimum absolute atomic E-state index is 0.0479. The number of nitrogens with one attached hydrogen (secondary N) is 1. The van der Waals surface area contributed by atoms with E-state index in [9.17, 15) is 10.1 Å². The molecule has 0 radical (unpaired) electrons. The summed E-state index contributed by atoms with van der Waals surface area (Å²) in [5, 5.41) is 14.1. The highest BCUT2D eigenvalue weighted by Crippen LogP contribution is 2.43. The molecule has 2 aromatic heterocycles. The predicted octanol–water partition coefficient (Wildman–Crippen LogP) is 6.29. The SMILES string of the molecule is CC1C=C(NC(=O)O[C@H](C)C2CC2)C=C=C1c1c(C#N)c2ccc(-c3ncccn3)cc2n1C1CCC1. The Hall–Kier alpha value is -4.14. The van der Waals surface area contributed by atoms with Crippen LogP contribution in [0, 0.1) is 23.2 Å². The van der Waals surface area contributed by atoms with Crippen molar-refractivity contribution in [1.29, 1.82) is 5.26 Å². The molecule has 2 heterocycles. The highest BCUT2D eigenvalue weighted by Gasteiger charge is 2.32. The number of rotatable bonds is 6. The Morgan fingerprint density at radius 1 is 1.24 bits per heavy atom. The van der Waals surface area contributed by atoms with Crippen LogP contribution in [0.25, 0.3) is 27.9 Å². The largest absolute Gasteiger partial charge is 0.446 e. The molecule has 0 spiro atoms. The van der Waals surface area contributed by atoms with Gasteiger partial charge in [0.05, 0.1) is 16.8 Å². The third-order valence-electron chi connectivity index (χ3n) is 7.73. The molecule has 1 N–H and O–H groups in total. The van der Waals surface area contributed by atoms with Gasteiger partial charge in [0, 0.05) is 52.6 Å². The molecule has 7 heteroatoms. The zero-order valence-corrected chi connectivity index (χ0v) is 21.1. The molecule has 1 amide bonds. The average Bonchev–Trinajstić information content (AvgIpc) is 3.67. The number of carbonyl (C=O) groups excluding carboxylic acids is 1. The molecule has 0 saturated heterocycles. The molecule has 3 aliphatic carbocycles. The van der Waals surface area contributed by atoms with E-state index in [4.69, 9.17) is 4.74 Å². The van der Waals surface area contributed by atoms with Crippen LogP contribution in [-0.4, -0.2) is 26.7 Å². The lowest BCUT2D eigenvalue weighted by Gasteiger charge is -2.31. The summed E-state index contributed by atoms with van der Waals surface area (Å²) >= 11 is 0. The number of hydrogen-bond donors (Lipinski definition) is 1. The first kappa shape index (κ1) is 23.3. The molecule has 6 rings (SSSR count). The van der Waals surface area contributed by atoms with Gasteiger partial charge in [-0.25, -0.2) is 14.8 Å². The van der Waals surface area contributed by atoms with Gasteiger partial charge in [-0.15, -0.1) is 5.73 Å². The second kappa shape index (κ2) is 9.38. The van der Waals surface area contributed by atoms with E-state index in [1.165, 1.54) is 6.42 Å². The van der Waals surface area contributed by atoms with Crippen molar-refractivity contribution in [3.63, 3.8) is 0 Å². The number of ether oxygens (including phenoxy) is 1. The van der Waals surface area contributed by atoms with Gasteiger partial charge in [0.2, 0.25) is 0 Å². The van der Waals surface area contributed by atoms with E-state index in [1.54, 1.807) is 24.5 Å². The first-order valence-corrected chi connectivity index (χ1v) is 13.1. The van der Waals surface area contributed by atoms with Gasteiger partial charge >= 0.3 is 6.09 Å². The minimum Gasteiger partial charge on any atom is -0.446 e. The number of benzene rings is 1. The Balaban J connectivity index is 1.39. The van der Waals surface area contributed by atoms with Crippen molar-refractivity contribution >= 4 is 22.6 Å². The zero-order chi connectivity index (χ0) is 25.5. The summed E-state index contributed by atoms with van der Waals surface area (Å²) in [6.45, 7) is 4.02. The van der Waals surface area contributed by atoms with Crippen molar-refractivity contribution in [3.8, 4) is 17.5 Å². The fourth-order valence-corrected chi connectivity index (χ4v) is 5.33. The number of nitriles is 1. The molecule has 2 fully saturated rings. The van der Waals surface area contributed by atoms with Crippen LogP contribution in [0.1, 0.15) is 63.3 Å². The minimum atomic E-state index is -0.434. The first-order chi connectivity index (χ1) is 18.0. The van der Waals surface area contributed by atoms with Gasteiger partial charge in [-0.1, -0.05) is 25.1 Å². The Labute approximate surface area is 216 Å². The van der Waals surface area contributed by atoms with Gasteiger partial charge < -0.3 is 9.30 Å². The molecule has 37 heavy (non-hydrogen) atoms. The second-order valence-electron chi connectivity index (χ2n) is 10.3. The number of aromatic nitrogens is 3. The van der Waals surface area contributed by atoms with E-state index in [0.29, 0.717) is 29.0 Å². The van der Waals surface area contributed by atoms with Crippen LogP contribution < -0.4 is 5.32 Å². The lowest BCUT2D eigenvalue weighted by atomic mass is 9.89. The van der Waals surface area contributed by atoms with Crippen LogP contribution >= 0.6 is 0 Å². The maximum absolute atomic E-state index is 12.4. The molecule has 3 aromatic rings. The van der Waals surface area contributed by atoms with Crippen LogP contribution in [0.2, 0.25) is 0 Å². The monoisotopic (exact) mass is 491 g/mol. The first-order valence-electron chi connectivity index (χ1n) is 13.1. The molecule has 7 nitrogen and oxygen atoms in total. The summed E-state index contributed by atoms with van der Waals surface area (Å²) in [6.07, 6.45) is 12.3. The van der Waals surface area contributed by atoms with Crippen LogP contribution in [0.5, 0.6) is 0 Å². The van der Waals surface area contributed by atoms with Crippen LogP contribution in [0.3, 0.4) is 0 Å². The number of hydrogen-bond acceptors (Lipinski definition) is 5. The van der Waals surface area contributed by atoms with Crippen molar-refractivity contribution in [3.05, 3.63) is 71.5 Å². The van der Waals surface area contributed by atoms with Gasteiger partial charge in [0.15, 0.2) is 5.82 Å². The highest BCUT2D eigenvalue weighted by molar-refractivity contribution is 5.95. The summed E-state index contributed by atoms with van der Waals surface area (Å²) in [4.78, 5) is 21.2. The van der Waals surface area contributed by atoms with E-state index in [1.807, 2.05) is 25.1 Å². The highest BCUT2D eigenvalue weighted by atomic mass is 16.6. The van der Waals surface area contributed by atoms with Crippen molar-refractivity contribution in [2.75, 3.05) is 0 Å². The Bertz CT molecular complexity index is 1510. The molecule has 2 atom stereocenters. The van der Waals surface area contributed by atoms with Gasteiger partial charge in [0.1, 0.15) is 12.2 Å². The molecular formula is C30H29N5O2. The summed E-state index contributed by atoms with van der Waals surface area (Å²) in [5.41, 5.74) is 8.54. The lowest BCUT2D eigenvalue weighted by molar-refractivity contribution is 0.0980. The van der Waals surface area contributed by atoms with Gasteiger partial charge in [-0.2, -0.15) is 5.26 Å². The van der Waals surface area contributed by atoms with Crippen molar-refractivity contribution in [1.82, 2.24) is 19.9 Å². The standard InChI is InChI=1S/C30H29N5O2/c1-18-15-22(34-30(36)37-19(2)20-7-8-20)10-12-24(18)28-26(17-31)25-11-9-21(29-32-13-4-14-33-29)16-27(25)35(28)23-5-3-6-23/h4,9-11,13-16,18-20,23H,3,5-8H2,1-2H3,(H,34,36)/t18?,19-/m1/s1. The fourth-order valence-electron chi connectivity index (χ4n) is 5.33.